The minimum absolute atomic E-state index is 0.240. The van der Waals surface area contributed by atoms with Crippen molar-refractivity contribution in [2.75, 3.05) is 18.4 Å². The highest BCUT2D eigenvalue weighted by atomic mass is 35.5. The molecule has 4 nitrogen and oxygen atoms in total. The van der Waals surface area contributed by atoms with Gasteiger partial charge in [-0.05, 0) is 51.8 Å². The molecule has 0 bridgehead atoms. The molecule has 0 saturated carbocycles. The van der Waals surface area contributed by atoms with Gasteiger partial charge in [-0.2, -0.15) is 0 Å². The van der Waals surface area contributed by atoms with E-state index in [9.17, 15) is 4.79 Å². The Morgan fingerprint density at radius 3 is 2.45 bits per heavy atom. The lowest BCUT2D eigenvalue weighted by Gasteiger charge is -2.34. The summed E-state index contributed by atoms with van der Waals surface area (Å²) in [5, 5.41) is 4.65. The molecule has 0 aliphatic carbocycles. The number of nitrogens with zero attached hydrogens (tertiary/aromatic N) is 1. The third kappa shape index (κ3) is 4.96. The third-order valence-corrected chi connectivity index (χ3v) is 3.99. The van der Waals surface area contributed by atoms with Crippen molar-refractivity contribution < 1.29 is 9.53 Å². The van der Waals surface area contributed by atoms with E-state index in [0.717, 1.165) is 18.5 Å². The Hall–Kier alpha value is -1.13. The van der Waals surface area contributed by atoms with Gasteiger partial charge in [0.15, 0.2) is 0 Å². The summed E-state index contributed by atoms with van der Waals surface area (Å²) < 4.78 is 5.39. The summed E-state index contributed by atoms with van der Waals surface area (Å²) in [6.45, 7) is 6.99. The molecule has 122 valence electrons. The Labute approximate surface area is 141 Å². The van der Waals surface area contributed by atoms with Crippen LogP contribution in [0.1, 0.15) is 33.6 Å². The molecule has 1 heterocycles. The third-order valence-electron chi connectivity index (χ3n) is 3.44. The van der Waals surface area contributed by atoms with E-state index in [1.54, 1.807) is 11.0 Å². The summed E-state index contributed by atoms with van der Waals surface area (Å²) >= 11 is 12.1. The van der Waals surface area contributed by atoms with E-state index >= 15 is 0 Å². The molecule has 0 aromatic heterocycles. The van der Waals surface area contributed by atoms with Crippen LogP contribution in [0.3, 0.4) is 0 Å². The number of amides is 1. The maximum absolute atomic E-state index is 12.0. The monoisotopic (exact) mass is 344 g/mol. The van der Waals surface area contributed by atoms with Crippen LogP contribution < -0.4 is 5.32 Å². The second-order valence-corrected chi connectivity index (χ2v) is 7.35. The topological polar surface area (TPSA) is 41.6 Å². The molecule has 1 aliphatic rings. The first-order valence-corrected chi connectivity index (χ1v) is 8.20. The fourth-order valence-corrected chi connectivity index (χ4v) is 2.82. The van der Waals surface area contributed by atoms with Gasteiger partial charge in [0.05, 0.1) is 10.7 Å². The molecule has 6 heteroatoms. The molecule has 1 aliphatic heterocycles. The van der Waals surface area contributed by atoms with Gasteiger partial charge in [0, 0.05) is 24.2 Å². The van der Waals surface area contributed by atoms with Gasteiger partial charge < -0.3 is 15.0 Å². The molecular weight excluding hydrogens is 323 g/mol. The van der Waals surface area contributed by atoms with Crippen molar-refractivity contribution >= 4 is 35.0 Å². The lowest BCUT2D eigenvalue weighted by atomic mass is 10.0. The zero-order valence-electron chi connectivity index (χ0n) is 13.2. The molecule has 0 unspecified atom stereocenters. The van der Waals surface area contributed by atoms with Gasteiger partial charge in [-0.25, -0.2) is 4.79 Å². The minimum atomic E-state index is -0.455. The summed E-state index contributed by atoms with van der Waals surface area (Å²) in [7, 11) is 0. The van der Waals surface area contributed by atoms with Crippen LogP contribution in [-0.2, 0) is 4.74 Å². The average Bonchev–Trinajstić information content (AvgIpc) is 2.41. The maximum Gasteiger partial charge on any atom is 0.410 e. The Morgan fingerprint density at radius 2 is 1.91 bits per heavy atom. The van der Waals surface area contributed by atoms with Crippen LogP contribution in [0, 0.1) is 0 Å². The van der Waals surface area contributed by atoms with Crippen molar-refractivity contribution in [3.8, 4) is 0 Å². The summed E-state index contributed by atoms with van der Waals surface area (Å²) in [6, 6.07) is 5.70. The lowest BCUT2D eigenvalue weighted by molar-refractivity contribution is 0.0210. The molecule has 1 fully saturated rings. The van der Waals surface area contributed by atoms with E-state index in [-0.39, 0.29) is 12.1 Å². The maximum atomic E-state index is 12.0. The van der Waals surface area contributed by atoms with E-state index in [0.29, 0.717) is 23.1 Å². The summed E-state index contributed by atoms with van der Waals surface area (Å²) in [5.74, 6) is 0. The number of hydrogen-bond donors (Lipinski definition) is 1. The molecule has 22 heavy (non-hydrogen) atoms. The molecule has 2 rings (SSSR count). The summed E-state index contributed by atoms with van der Waals surface area (Å²) in [4.78, 5) is 13.8. The van der Waals surface area contributed by atoms with Crippen LogP contribution in [0.25, 0.3) is 0 Å². The molecule has 0 radical (unpaired) electrons. The number of piperidine rings is 1. The Balaban J connectivity index is 1.86. The fraction of sp³-hybridized carbons (Fsp3) is 0.562. The highest BCUT2D eigenvalue weighted by Crippen LogP contribution is 2.27. The molecule has 1 saturated heterocycles. The number of anilines is 1. The van der Waals surface area contributed by atoms with Crippen molar-refractivity contribution in [3.05, 3.63) is 28.2 Å². The number of halogens is 2. The van der Waals surface area contributed by atoms with Crippen LogP contribution in [0.2, 0.25) is 10.0 Å². The van der Waals surface area contributed by atoms with E-state index in [2.05, 4.69) is 5.32 Å². The van der Waals surface area contributed by atoms with Gasteiger partial charge in [0.25, 0.3) is 0 Å². The number of benzene rings is 1. The van der Waals surface area contributed by atoms with Crippen LogP contribution >= 0.6 is 23.2 Å². The molecule has 0 spiro atoms. The first-order valence-electron chi connectivity index (χ1n) is 7.44. The summed E-state index contributed by atoms with van der Waals surface area (Å²) in [6.07, 6.45) is 1.48. The fourth-order valence-electron chi connectivity index (χ4n) is 2.36. The Morgan fingerprint density at radius 1 is 1.27 bits per heavy atom. The number of carbonyl (C=O) groups excluding carboxylic acids is 1. The zero-order chi connectivity index (χ0) is 16.3. The number of rotatable bonds is 2. The smallest absolute Gasteiger partial charge is 0.410 e. The van der Waals surface area contributed by atoms with Crippen molar-refractivity contribution in [2.45, 2.75) is 45.3 Å². The van der Waals surface area contributed by atoms with Crippen molar-refractivity contribution in [2.24, 2.45) is 0 Å². The number of carbonyl (C=O) groups is 1. The number of nitrogens with one attached hydrogen (secondary N) is 1. The SMILES string of the molecule is CC(C)(C)OC(=O)N1CCC(Nc2ccc(Cl)cc2Cl)CC1. The standard InChI is InChI=1S/C16H22Cl2N2O2/c1-16(2,3)22-15(21)20-8-6-12(7-9-20)19-14-5-4-11(17)10-13(14)18/h4-5,10,12,19H,6-9H2,1-3H3. The predicted molar refractivity (Wildman–Crippen MR) is 90.9 cm³/mol. The lowest BCUT2D eigenvalue weighted by Crippen LogP contribution is -2.44. The van der Waals surface area contributed by atoms with Crippen LogP contribution in [-0.4, -0.2) is 35.7 Å². The van der Waals surface area contributed by atoms with Gasteiger partial charge in [0.1, 0.15) is 5.60 Å². The Bertz CT molecular complexity index is 535. The van der Waals surface area contributed by atoms with Crippen LogP contribution in [0.5, 0.6) is 0 Å². The van der Waals surface area contributed by atoms with Gasteiger partial charge >= 0.3 is 6.09 Å². The molecule has 1 aromatic carbocycles. The number of hydrogen-bond acceptors (Lipinski definition) is 3. The number of likely N-dealkylation sites (tertiary alicyclic amines) is 1. The zero-order valence-corrected chi connectivity index (χ0v) is 14.7. The quantitative estimate of drug-likeness (QED) is 0.837. The van der Waals surface area contributed by atoms with Crippen molar-refractivity contribution in [3.63, 3.8) is 0 Å². The van der Waals surface area contributed by atoms with Crippen LogP contribution in [0.15, 0.2) is 18.2 Å². The van der Waals surface area contributed by atoms with E-state index in [1.807, 2.05) is 32.9 Å². The molecule has 1 amide bonds. The van der Waals surface area contributed by atoms with Crippen LogP contribution in [0.4, 0.5) is 10.5 Å². The average molecular weight is 345 g/mol. The normalized spacial score (nSPS) is 16.5. The van der Waals surface area contributed by atoms with Gasteiger partial charge in [0.2, 0.25) is 0 Å². The van der Waals surface area contributed by atoms with Gasteiger partial charge in [-0.3, -0.25) is 0 Å². The van der Waals surface area contributed by atoms with Crippen molar-refractivity contribution in [1.82, 2.24) is 4.90 Å². The number of ether oxygens (including phenoxy) is 1. The largest absolute Gasteiger partial charge is 0.444 e. The van der Waals surface area contributed by atoms with E-state index < -0.39 is 5.60 Å². The summed E-state index contributed by atoms with van der Waals surface area (Å²) in [5.41, 5.74) is 0.421. The molecular formula is C16H22Cl2N2O2. The molecule has 1 N–H and O–H groups in total. The van der Waals surface area contributed by atoms with Gasteiger partial charge in [-0.1, -0.05) is 23.2 Å². The molecule has 1 aromatic rings. The first-order chi connectivity index (χ1) is 10.2. The van der Waals surface area contributed by atoms with Gasteiger partial charge in [-0.15, -0.1) is 0 Å². The highest BCUT2D eigenvalue weighted by Gasteiger charge is 2.26. The second kappa shape index (κ2) is 6.97. The van der Waals surface area contributed by atoms with E-state index in [4.69, 9.17) is 27.9 Å². The minimum Gasteiger partial charge on any atom is -0.444 e. The van der Waals surface area contributed by atoms with E-state index in [1.165, 1.54) is 0 Å². The second-order valence-electron chi connectivity index (χ2n) is 6.51. The highest BCUT2D eigenvalue weighted by molar-refractivity contribution is 6.36. The Kier molecular flexibility index (Phi) is 5.45. The molecule has 0 atom stereocenters. The predicted octanol–water partition coefficient (Wildman–Crippen LogP) is 4.80. The first kappa shape index (κ1) is 17.2. The van der Waals surface area contributed by atoms with Crippen molar-refractivity contribution in [1.29, 1.82) is 0 Å².